The molecule has 4 aromatic rings. The van der Waals surface area contributed by atoms with Gasteiger partial charge < -0.3 is 9.80 Å². The SMILES string of the molecule is CN1CCN(c2cccc(C3Cc4ccc5c(ccc6ccccc65)c4C(C)(C)C3)c2)CC1. The van der Waals surface area contributed by atoms with Crippen LogP contribution in [0.15, 0.2) is 72.8 Å². The van der Waals surface area contributed by atoms with Crippen LogP contribution in [0.25, 0.3) is 21.5 Å². The van der Waals surface area contributed by atoms with E-state index >= 15 is 0 Å². The summed E-state index contributed by atoms with van der Waals surface area (Å²) in [5.41, 5.74) is 6.14. The Labute approximate surface area is 197 Å². The van der Waals surface area contributed by atoms with Gasteiger partial charge in [0.25, 0.3) is 0 Å². The van der Waals surface area contributed by atoms with Gasteiger partial charge in [-0.2, -0.15) is 0 Å². The average molecular weight is 435 g/mol. The molecular weight excluding hydrogens is 400 g/mol. The van der Waals surface area contributed by atoms with Crippen molar-refractivity contribution in [2.24, 2.45) is 0 Å². The highest BCUT2D eigenvalue weighted by molar-refractivity contribution is 6.09. The molecule has 1 atom stereocenters. The van der Waals surface area contributed by atoms with Gasteiger partial charge in [0.05, 0.1) is 0 Å². The first-order valence-corrected chi connectivity index (χ1v) is 12.5. The van der Waals surface area contributed by atoms with Gasteiger partial charge in [0, 0.05) is 31.9 Å². The van der Waals surface area contributed by atoms with E-state index in [1.165, 1.54) is 44.8 Å². The average Bonchev–Trinajstić information content (AvgIpc) is 2.83. The van der Waals surface area contributed by atoms with Crippen molar-refractivity contribution in [1.29, 1.82) is 0 Å². The maximum atomic E-state index is 2.56. The molecule has 0 aromatic heterocycles. The predicted octanol–water partition coefficient (Wildman–Crippen LogP) is 6.75. The Hall–Kier alpha value is -2.84. The van der Waals surface area contributed by atoms with Crippen LogP contribution in [0.5, 0.6) is 0 Å². The number of piperazine rings is 1. The number of nitrogens with zero attached hydrogens (tertiary/aromatic N) is 2. The van der Waals surface area contributed by atoms with Crippen molar-refractivity contribution in [3.8, 4) is 0 Å². The molecule has 2 heteroatoms. The van der Waals surface area contributed by atoms with Gasteiger partial charge >= 0.3 is 0 Å². The van der Waals surface area contributed by atoms with Crippen LogP contribution in [0.1, 0.15) is 42.9 Å². The van der Waals surface area contributed by atoms with Crippen molar-refractivity contribution in [1.82, 2.24) is 4.90 Å². The lowest BCUT2D eigenvalue weighted by atomic mass is 9.65. The van der Waals surface area contributed by atoms with Crippen LogP contribution in [-0.2, 0) is 11.8 Å². The topological polar surface area (TPSA) is 6.48 Å². The Kier molecular flexibility index (Phi) is 4.96. The maximum Gasteiger partial charge on any atom is 0.0369 e. The third-order valence-corrected chi connectivity index (χ3v) is 8.12. The van der Waals surface area contributed by atoms with E-state index in [1.807, 2.05) is 0 Å². The quantitative estimate of drug-likeness (QED) is 0.322. The number of rotatable bonds is 2. The van der Waals surface area contributed by atoms with Crippen LogP contribution < -0.4 is 4.90 Å². The number of fused-ring (bicyclic) bond motifs is 5. The van der Waals surface area contributed by atoms with Gasteiger partial charge in [-0.25, -0.2) is 0 Å². The first-order chi connectivity index (χ1) is 16.0. The Balaban J connectivity index is 1.38. The molecule has 1 aliphatic carbocycles. The van der Waals surface area contributed by atoms with Gasteiger partial charge in [0.2, 0.25) is 0 Å². The summed E-state index contributed by atoms with van der Waals surface area (Å²) in [4.78, 5) is 4.98. The highest BCUT2D eigenvalue weighted by Crippen LogP contribution is 2.47. The van der Waals surface area contributed by atoms with E-state index in [0.717, 1.165) is 32.6 Å². The van der Waals surface area contributed by atoms with Crippen molar-refractivity contribution < 1.29 is 0 Å². The van der Waals surface area contributed by atoms with Crippen molar-refractivity contribution in [2.45, 2.75) is 38.0 Å². The van der Waals surface area contributed by atoms with Gasteiger partial charge in [0.1, 0.15) is 0 Å². The smallest absolute Gasteiger partial charge is 0.0369 e. The van der Waals surface area contributed by atoms with Crippen molar-refractivity contribution >= 4 is 27.2 Å². The molecule has 1 unspecified atom stereocenters. The van der Waals surface area contributed by atoms with E-state index in [9.17, 15) is 0 Å². The Morgan fingerprint density at radius 1 is 0.758 bits per heavy atom. The highest BCUT2D eigenvalue weighted by Gasteiger charge is 2.35. The second-order valence-electron chi connectivity index (χ2n) is 10.9. The summed E-state index contributed by atoms with van der Waals surface area (Å²) < 4.78 is 0. The predicted molar refractivity (Wildman–Crippen MR) is 142 cm³/mol. The molecule has 1 saturated heterocycles. The number of hydrogen-bond acceptors (Lipinski definition) is 2. The van der Waals surface area contributed by atoms with E-state index in [1.54, 1.807) is 5.56 Å². The zero-order valence-electron chi connectivity index (χ0n) is 20.1. The minimum atomic E-state index is 0.143. The van der Waals surface area contributed by atoms with Crippen LogP contribution in [0.2, 0.25) is 0 Å². The first-order valence-electron chi connectivity index (χ1n) is 12.5. The lowest BCUT2D eigenvalue weighted by Gasteiger charge is -2.39. The summed E-state index contributed by atoms with van der Waals surface area (Å²) in [6.45, 7) is 9.46. The van der Waals surface area contributed by atoms with Crippen molar-refractivity contribution in [3.63, 3.8) is 0 Å². The molecule has 0 radical (unpaired) electrons. The molecule has 2 aliphatic rings. The molecule has 1 fully saturated rings. The second-order valence-corrected chi connectivity index (χ2v) is 10.9. The largest absolute Gasteiger partial charge is 0.369 e. The van der Waals surface area contributed by atoms with E-state index < -0.39 is 0 Å². The molecule has 4 aromatic carbocycles. The van der Waals surface area contributed by atoms with Crippen LogP contribution in [0, 0.1) is 0 Å². The highest BCUT2D eigenvalue weighted by atomic mass is 15.2. The third-order valence-electron chi connectivity index (χ3n) is 8.12. The van der Waals surface area contributed by atoms with Crippen LogP contribution >= 0.6 is 0 Å². The molecular formula is C31H34N2. The minimum absolute atomic E-state index is 0.143. The Morgan fingerprint density at radius 2 is 1.55 bits per heavy atom. The zero-order valence-corrected chi connectivity index (χ0v) is 20.1. The van der Waals surface area contributed by atoms with Gasteiger partial charge in [-0.15, -0.1) is 0 Å². The molecule has 1 heterocycles. The molecule has 0 bridgehead atoms. The summed E-state index contributed by atoms with van der Waals surface area (Å²) in [6, 6.07) is 27.7. The molecule has 33 heavy (non-hydrogen) atoms. The first kappa shape index (κ1) is 20.7. The van der Waals surface area contributed by atoms with E-state index in [0.29, 0.717) is 5.92 Å². The second kappa shape index (κ2) is 7.88. The molecule has 168 valence electrons. The molecule has 0 amide bonds. The van der Waals surface area contributed by atoms with Crippen LogP contribution in [-0.4, -0.2) is 38.1 Å². The minimum Gasteiger partial charge on any atom is -0.369 e. The number of likely N-dealkylation sites (N-methyl/N-ethyl adjacent to an activating group) is 1. The Bertz CT molecular complexity index is 1330. The standard InChI is InChI=1S/C31H34N2/c1-31(2)21-25(23-8-6-9-26(20-23)33-17-15-32(3)16-18-33)19-24-12-13-28-27-10-5-4-7-22(27)11-14-29(28)30(24)31/h4-14,20,25H,15-19,21H2,1-3H3. The number of anilines is 1. The Morgan fingerprint density at radius 3 is 2.39 bits per heavy atom. The summed E-state index contributed by atoms with van der Waals surface area (Å²) in [7, 11) is 2.22. The molecule has 0 spiro atoms. The van der Waals surface area contributed by atoms with Crippen LogP contribution in [0.3, 0.4) is 0 Å². The van der Waals surface area contributed by atoms with Gasteiger partial charge in [-0.05, 0) is 81.6 Å². The summed E-state index contributed by atoms with van der Waals surface area (Å²) in [5.74, 6) is 0.567. The van der Waals surface area contributed by atoms with Crippen molar-refractivity contribution in [3.05, 3.63) is 89.5 Å². The van der Waals surface area contributed by atoms with Crippen LogP contribution in [0.4, 0.5) is 5.69 Å². The summed E-state index contributed by atoms with van der Waals surface area (Å²) in [5, 5.41) is 5.55. The maximum absolute atomic E-state index is 2.56. The number of benzene rings is 4. The van der Waals surface area contributed by atoms with Gasteiger partial charge in [-0.1, -0.05) is 74.5 Å². The summed E-state index contributed by atoms with van der Waals surface area (Å²) >= 11 is 0. The molecule has 1 aliphatic heterocycles. The molecule has 6 rings (SSSR count). The van der Waals surface area contributed by atoms with E-state index in [4.69, 9.17) is 0 Å². The van der Waals surface area contributed by atoms with Gasteiger partial charge in [0.15, 0.2) is 0 Å². The normalized spacial score (nSPS) is 20.8. The lowest BCUT2D eigenvalue weighted by Crippen LogP contribution is -2.44. The lowest BCUT2D eigenvalue weighted by molar-refractivity contribution is 0.313. The fourth-order valence-corrected chi connectivity index (χ4v) is 6.43. The number of hydrogen-bond donors (Lipinski definition) is 0. The fourth-order valence-electron chi connectivity index (χ4n) is 6.43. The van der Waals surface area contributed by atoms with E-state index in [2.05, 4.69) is 103 Å². The summed E-state index contributed by atoms with van der Waals surface area (Å²) in [6.07, 6.45) is 2.33. The zero-order chi connectivity index (χ0) is 22.6. The molecule has 0 N–H and O–H groups in total. The fraction of sp³-hybridized carbons (Fsp3) is 0.355. The van der Waals surface area contributed by atoms with Crippen molar-refractivity contribution in [2.75, 3.05) is 38.1 Å². The monoisotopic (exact) mass is 434 g/mol. The van der Waals surface area contributed by atoms with Gasteiger partial charge in [-0.3, -0.25) is 0 Å². The molecule has 0 saturated carbocycles. The molecule has 2 nitrogen and oxygen atoms in total. The van der Waals surface area contributed by atoms with E-state index in [-0.39, 0.29) is 5.41 Å². The third kappa shape index (κ3) is 3.61.